The van der Waals surface area contributed by atoms with Crippen LogP contribution < -0.4 is 5.32 Å². The number of nitrogens with one attached hydrogen (secondary N) is 1. The van der Waals surface area contributed by atoms with Crippen LogP contribution in [-0.2, 0) is 17.4 Å². The van der Waals surface area contributed by atoms with Gasteiger partial charge in [-0.1, -0.05) is 18.0 Å². The zero-order chi connectivity index (χ0) is 17.4. The van der Waals surface area contributed by atoms with Crippen LogP contribution in [0.5, 0.6) is 0 Å². The Morgan fingerprint density at radius 2 is 1.96 bits per heavy atom. The Bertz CT molecular complexity index is 645. The Labute approximate surface area is 135 Å². The topological polar surface area (TPSA) is 93.8 Å². The maximum Gasteiger partial charge on any atom is 0.471 e. The van der Waals surface area contributed by atoms with Crippen molar-refractivity contribution in [3.05, 3.63) is 30.3 Å². The Morgan fingerprint density at radius 1 is 1.17 bits per heavy atom. The van der Waals surface area contributed by atoms with Gasteiger partial charge in [0.05, 0.1) is 6.20 Å². The van der Waals surface area contributed by atoms with Crippen LogP contribution in [0.4, 0.5) is 19.0 Å². The molecule has 0 aliphatic carbocycles. The van der Waals surface area contributed by atoms with Gasteiger partial charge in [-0.05, 0) is 12.8 Å². The summed E-state index contributed by atoms with van der Waals surface area (Å²) in [4.78, 5) is 22.7. The number of anilines is 1. The summed E-state index contributed by atoms with van der Waals surface area (Å²) in [7, 11) is 0. The number of amides is 1. The minimum absolute atomic E-state index is 0.0442. The number of rotatable bonds is 8. The molecule has 0 aromatic carbocycles. The van der Waals surface area contributed by atoms with Crippen LogP contribution in [0, 0.1) is 0 Å². The Hall–Kier alpha value is -2.52. The van der Waals surface area contributed by atoms with E-state index < -0.39 is 12.1 Å². The van der Waals surface area contributed by atoms with Crippen LogP contribution in [0.1, 0.15) is 43.8 Å². The van der Waals surface area contributed by atoms with Gasteiger partial charge in [0, 0.05) is 25.2 Å². The van der Waals surface area contributed by atoms with Crippen molar-refractivity contribution in [3.8, 4) is 0 Å². The monoisotopic (exact) mass is 343 g/mol. The second-order valence-corrected chi connectivity index (χ2v) is 5.07. The first kappa shape index (κ1) is 17.8. The van der Waals surface area contributed by atoms with Crippen molar-refractivity contribution in [1.82, 2.24) is 20.1 Å². The predicted octanol–water partition coefficient (Wildman–Crippen LogP) is 3.01. The lowest BCUT2D eigenvalue weighted by atomic mass is 10.1. The highest BCUT2D eigenvalue weighted by molar-refractivity contribution is 5.89. The summed E-state index contributed by atoms with van der Waals surface area (Å²) in [6.07, 6.45) is 3.33. The van der Waals surface area contributed by atoms with E-state index in [1.165, 1.54) is 18.6 Å². The van der Waals surface area contributed by atoms with Gasteiger partial charge in [0.2, 0.25) is 5.91 Å². The number of halogens is 3. The molecule has 7 nitrogen and oxygen atoms in total. The molecule has 0 bridgehead atoms. The average molecular weight is 343 g/mol. The number of aromatic nitrogens is 4. The van der Waals surface area contributed by atoms with E-state index in [0.717, 1.165) is 12.8 Å². The maximum atomic E-state index is 12.3. The molecule has 2 rings (SSSR count). The fourth-order valence-corrected chi connectivity index (χ4v) is 1.96. The quantitative estimate of drug-likeness (QED) is 0.741. The normalized spacial score (nSPS) is 11.5. The first-order valence-corrected chi connectivity index (χ1v) is 7.41. The standard InChI is InChI=1S/C14H16F3N5O2/c15-14(16,17)13-21-10(22-24-13)5-3-1-2-4-6-12(23)20-11-9-18-7-8-19-11/h7-9H,1-6H2,(H,19,20,23). The van der Waals surface area contributed by atoms with E-state index in [1.807, 2.05) is 0 Å². The fourth-order valence-electron chi connectivity index (χ4n) is 1.96. The van der Waals surface area contributed by atoms with Gasteiger partial charge in [-0.3, -0.25) is 9.78 Å². The van der Waals surface area contributed by atoms with Crippen LogP contribution >= 0.6 is 0 Å². The maximum absolute atomic E-state index is 12.3. The van der Waals surface area contributed by atoms with E-state index in [-0.39, 0.29) is 11.7 Å². The van der Waals surface area contributed by atoms with Gasteiger partial charge in [-0.25, -0.2) is 4.98 Å². The predicted molar refractivity (Wildman–Crippen MR) is 76.8 cm³/mol. The first-order chi connectivity index (χ1) is 11.4. The van der Waals surface area contributed by atoms with Gasteiger partial charge < -0.3 is 9.84 Å². The van der Waals surface area contributed by atoms with Crippen molar-refractivity contribution < 1.29 is 22.5 Å². The van der Waals surface area contributed by atoms with Gasteiger partial charge in [0.25, 0.3) is 0 Å². The molecule has 0 atom stereocenters. The summed E-state index contributed by atoms with van der Waals surface area (Å²) in [6, 6.07) is 0. The highest BCUT2D eigenvalue weighted by atomic mass is 19.4. The van der Waals surface area contributed by atoms with Crippen LogP contribution in [-0.4, -0.2) is 26.0 Å². The second kappa shape index (κ2) is 8.37. The molecule has 24 heavy (non-hydrogen) atoms. The van der Waals surface area contributed by atoms with E-state index in [9.17, 15) is 18.0 Å². The summed E-state index contributed by atoms with van der Waals surface area (Å²) < 4.78 is 41.0. The second-order valence-electron chi connectivity index (χ2n) is 5.07. The van der Waals surface area contributed by atoms with Crippen molar-refractivity contribution in [3.63, 3.8) is 0 Å². The molecule has 0 aliphatic rings. The smallest absolute Gasteiger partial charge is 0.329 e. The molecule has 10 heteroatoms. The van der Waals surface area contributed by atoms with Gasteiger partial charge in [-0.15, -0.1) is 0 Å². The molecular formula is C14H16F3N5O2. The van der Waals surface area contributed by atoms with Crippen molar-refractivity contribution in [2.24, 2.45) is 0 Å². The lowest BCUT2D eigenvalue weighted by Gasteiger charge is -2.03. The molecule has 0 fully saturated rings. The summed E-state index contributed by atoms with van der Waals surface area (Å²) in [5, 5.41) is 5.92. The summed E-state index contributed by atoms with van der Waals surface area (Å²) in [5.41, 5.74) is 0. The summed E-state index contributed by atoms with van der Waals surface area (Å²) in [6.45, 7) is 0. The molecule has 2 aromatic rings. The molecule has 2 aromatic heterocycles. The molecule has 1 N–H and O–H groups in total. The number of carbonyl (C=O) groups excluding carboxylic acids is 1. The van der Waals surface area contributed by atoms with Gasteiger partial charge in [-0.2, -0.15) is 18.2 Å². The third-order valence-electron chi connectivity index (χ3n) is 3.10. The fraction of sp³-hybridized carbons (Fsp3) is 0.500. The van der Waals surface area contributed by atoms with E-state index in [2.05, 4.69) is 29.9 Å². The largest absolute Gasteiger partial charge is 0.471 e. The van der Waals surface area contributed by atoms with Crippen molar-refractivity contribution in [2.75, 3.05) is 5.32 Å². The van der Waals surface area contributed by atoms with E-state index in [0.29, 0.717) is 31.5 Å². The number of hydrogen-bond acceptors (Lipinski definition) is 6. The molecule has 130 valence electrons. The van der Waals surface area contributed by atoms with E-state index in [1.54, 1.807) is 0 Å². The molecule has 1 amide bonds. The minimum Gasteiger partial charge on any atom is -0.329 e. The van der Waals surface area contributed by atoms with Crippen molar-refractivity contribution >= 4 is 11.7 Å². The molecule has 0 saturated carbocycles. The Morgan fingerprint density at radius 3 is 2.62 bits per heavy atom. The number of carbonyl (C=O) groups is 1. The van der Waals surface area contributed by atoms with Crippen molar-refractivity contribution in [2.45, 2.75) is 44.7 Å². The van der Waals surface area contributed by atoms with Crippen LogP contribution in [0.25, 0.3) is 0 Å². The lowest BCUT2D eigenvalue weighted by Crippen LogP contribution is -2.12. The molecule has 0 saturated heterocycles. The number of alkyl halides is 3. The number of nitrogens with zero attached hydrogens (tertiary/aromatic N) is 4. The van der Waals surface area contributed by atoms with E-state index >= 15 is 0 Å². The number of aryl methyl sites for hydroxylation is 1. The van der Waals surface area contributed by atoms with Gasteiger partial charge in [0.1, 0.15) is 0 Å². The third kappa shape index (κ3) is 5.94. The van der Waals surface area contributed by atoms with Crippen molar-refractivity contribution in [1.29, 1.82) is 0 Å². The number of hydrogen-bond donors (Lipinski definition) is 1. The Kier molecular flexibility index (Phi) is 6.21. The SMILES string of the molecule is O=C(CCCCCCc1noc(C(F)(F)F)n1)Nc1cnccn1. The van der Waals surface area contributed by atoms with E-state index in [4.69, 9.17) is 0 Å². The highest BCUT2D eigenvalue weighted by Crippen LogP contribution is 2.27. The van der Waals surface area contributed by atoms with Crippen LogP contribution in [0.3, 0.4) is 0 Å². The first-order valence-electron chi connectivity index (χ1n) is 7.41. The lowest BCUT2D eigenvalue weighted by molar-refractivity contribution is -0.159. The van der Waals surface area contributed by atoms with Gasteiger partial charge >= 0.3 is 12.1 Å². The minimum atomic E-state index is -4.61. The highest BCUT2D eigenvalue weighted by Gasteiger charge is 2.38. The molecule has 0 aliphatic heterocycles. The molecule has 0 unspecified atom stereocenters. The number of unbranched alkanes of at least 4 members (excludes halogenated alkanes) is 3. The molecule has 0 spiro atoms. The van der Waals surface area contributed by atoms with Gasteiger partial charge in [0.15, 0.2) is 11.6 Å². The summed E-state index contributed by atoms with van der Waals surface area (Å²) >= 11 is 0. The van der Waals surface area contributed by atoms with Crippen LogP contribution in [0.15, 0.2) is 23.1 Å². The van der Waals surface area contributed by atoms with Crippen LogP contribution in [0.2, 0.25) is 0 Å². The molecular weight excluding hydrogens is 327 g/mol. The Balaban J connectivity index is 1.57. The zero-order valence-corrected chi connectivity index (χ0v) is 12.7. The molecule has 0 radical (unpaired) electrons. The average Bonchev–Trinajstić information content (AvgIpc) is 3.01. The third-order valence-corrected chi connectivity index (χ3v) is 3.10. The molecule has 2 heterocycles. The summed E-state index contributed by atoms with van der Waals surface area (Å²) in [5.74, 6) is -1.02. The zero-order valence-electron chi connectivity index (χ0n) is 12.7.